The van der Waals surface area contributed by atoms with Gasteiger partial charge in [-0.1, -0.05) is 0 Å². The Bertz CT molecular complexity index is 1480. The molecule has 1 fully saturated rings. The minimum absolute atomic E-state index is 0. The molecule has 1 saturated heterocycles. The summed E-state index contributed by atoms with van der Waals surface area (Å²) in [6.07, 6.45) is 2.09. The van der Waals surface area contributed by atoms with Crippen LogP contribution in [0.3, 0.4) is 0 Å². The lowest BCUT2D eigenvalue weighted by molar-refractivity contribution is -0.427. The van der Waals surface area contributed by atoms with Crippen LogP contribution in [0.25, 0.3) is 0 Å². The van der Waals surface area contributed by atoms with Crippen molar-refractivity contribution in [3.63, 3.8) is 0 Å². The van der Waals surface area contributed by atoms with Crippen molar-refractivity contribution in [1.82, 2.24) is 9.88 Å². The number of nitrogens with zero attached hydrogens (tertiary/aromatic N) is 4. The van der Waals surface area contributed by atoms with Crippen molar-refractivity contribution in [2.75, 3.05) is 35.8 Å². The molecular weight excluding hydrogens is 505 g/mol. The van der Waals surface area contributed by atoms with Crippen LogP contribution in [0.5, 0.6) is 0 Å². The monoisotopic (exact) mass is 530 g/mol. The smallest absolute Gasteiger partial charge is 0.289 e. The standard InChI is InChI=1S/C24H23FN5O4S2.H2/c1-16-12-17-13-18(25)2-7-21(17)30(16)15-22(31)28-9-10-29(23(32)14-28)19-3-5-20(6-4-19)36(33,34)27-24-26-8-11-35-24;/h2-8,11,13H,9-10,12,14-15H2,1H3,(H,26,27);1H/q+1;. The fourth-order valence-corrected chi connectivity index (χ4v) is 6.19. The SMILES string of the molecule is CC1=[N+](CC(=O)N2CCN(c3ccc(S(=O)(=O)Nc4nccs4)cc3)C(=O)C2)c2ccc(F)cc2C1.[HH]. The second-order valence-corrected chi connectivity index (χ2v) is 11.1. The number of carbonyl (C=O) groups excluding carboxylic acids is 2. The van der Waals surface area contributed by atoms with Gasteiger partial charge in [-0.05, 0) is 36.4 Å². The van der Waals surface area contributed by atoms with Crippen LogP contribution in [0.1, 0.15) is 13.9 Å². The third kappa shape index (κ3) is 4.73. The molecule has 12 heteroatoms. The number of benzene rings is 2. The first-order chi connectivity index (χ1) is 17.2. The van der Waals surface area contributed by atoms with Crippen molar-refractivity contribution in [2.24, 2.45) is 0 Å². The Hall–Kier alpha value is -3.64. The first-order valence-corrected chi connectivity index (χ1v) is 13.6. The number of hydrogen-bond acceptors (Lipinski definition) is 6. The molecule has 0 unspecified atom stereocenters. The van der Waals surface area contributed by atoms with Crippen molar-refractivity contribution in [3.05, 3.63) is 65.4 Å². The highest BCUT2D eigenvalue weighted by Gasteiger charge is 2.34. The molecule has 188 valence electrons. The minimum Gasteiger partial charge on any atom is -0.326 e. The summed E-state index contributed by atoms with van der Waals surface area (Å²) < 4.78 is 42.9. The number of fused-ring (bicyclic) bond motifs is 1. The van der Waals surface area contributed by atoms with Crippen LogP contribution >= 0.6 is 11.3 Å². The second-order valence-electron chi connectivity index (χ2n) is 8.57. The van der Waals surface area contributed by atoms with E-state index in [2.05, 4.69) is 9.71 Å². The number of carbonyl (C=O) groups is 2. The number of amides is 2. The van der Waals surface area contributed by atoms with E-state index in [1.54, 1.807) is 28.5 Å². The molecule has 2 aliphatic heterocycles. The van der Waals surface area contributed by atoms with Gasteiger partial charge in [-0.2, -0.15) is 4.58 Å². The first kappa shape index (κ1) is 24.1. The van der Waals surface area contributed by atoms with Gasteiger partial charge in [0.1, 0.15) is 12.4 Å². The largest absolute Gasteiger partial charge is 0.326 e. The molecule has 0 atom stereocenters. The zero-order valence-electron chi connectivity index (χ0n) is 19.3. The topological polar surface area (TPSA) is 103 Å². The van der Waals surface area contributed by atoms with E-state index >= 15 is 0 Å². The van der Waals surface area contributed by atoms with E-state index < -0.39 is 10.0 Å². The Labute approximate surface area is 213 Å². The molecule has 0 saturated carbocycles. The van der Waals surface area contributed by atoms with Gasteiger partial charge in [0.25, 0.3) is 15.9 Å². The van der Waals surface area contributed by atoms with E-state index in [-0.39, 0.29) is 42.2 Å². The van der Waals surface area contributed by atoms with Crippen LogP contribution in [-0.2, 0) is 26.0 Å². The molecule has 3 aromatic rings. The summed E-state index contributed by atoms with van der Waals surface area (Å²) in [5.74, 6) is -0.747. The summed E-state index contributed by atoms with van der Waals surface area (Å²) in [7, 11) is -3.79. The molecular formula is C24H25FN5O4S2+. The number of piperazine rings is 1. The lowest BCUT2D eigenvalue weighted by Gasteiger charge is -2.34. The lowest BCUT2D eigenvalue weighted by Crippen LogP contribution is -2.53. The van der Waals surface area contributed by atoms with E-state index in [1.807, 2.05) is 11.5 Å². The van der Waals surface area contributed by atoms with Gasteiger partial charge < -0.3 is 9.80 Å². The van der Waals surface area contributed by atoms with Crippen molar-refractivity contribution >= 4 is 55.4 Å². The fourth-order valence-electron chi connectivity index (χ4n) is 4.40. The van der Waals surface area contributed by atoms with Crippen LogP contribution in [0.2, 0.25) is 0 Å². The molecule has 0 bridgehead atoms. The number of hydrogen-bond donors (Lipinski definition) is 1. The Kier molecular flexibility index (Phi) is 6.31. The zero-order valence-corrected chi connectivity index (χ0v) is 21.0. The van der Waals surface area contributed by atoms with Crippen molar-refractivity contribution in [2.45, 2.75) is 18.2 Å². The van der Waals surface area contributed by atoms with Crippen molar-refractivity contribution in [3.8, 4) is 0 Å². The third-order valence-corrected chi connectivity index (χ3v) is 8.39. The average Bonchev–Trinajstić information content (AvgIpc) is 3.45. The quantitative estimate of drug-likeness (QED) is 0.494. The lowest BCUT2D eigenvalue weighted by atomic mass is 10.1. The molecule has 0 aliphatic carbocycles. The van der Waals surface area contributed by atoms with Crippen LogP contribution in [0.15, 0.2) is 58.9 Å². The summed E-state index contributed by atoms with van der Waals surface area (Å²) in [4.78, 5) is 32.9. The molecule has 0 spiro atoms. The Morgan fingerprint density at radius 3 is 2.69 bits per heavy atom. The van der Waals surface area contributed by atoms with Gasteiger partial charge in [-0.15, -0.1) is 11.3 Å². The molecule has 2 aromatic carbocycles. The third-order valence-electron chi connectivity index (χ3n) is 6.22. The molecule has 2 amide bonds. The maximum atomic E-state index is 13.6. The highest BCUT2D eigenvalue weighted by molar-refractivity contribution is 7.93. The molecule has 0 radical (unpaired) electrons. The van der Waals surface area contributed by atoms with Crippen LogP contribution in [0.4, 0.5) is 20.9 Å². The maximum Gasteiger partial charge on any atom is 0.289 e. The van der Waals surface area contributed by atoms with E-state index in [1.165, 1.54) is 46.7 Å². The Morgan fingerprint density at radius 1 is 1.22 bits per heavy atom. The number of anilines is 2. The van der Waals surface area contributed by atoms with E-state index in [0.717, 1.165) is 17.0 Å². The summed E-state index contributed by atoms with van der Waals surface area (Å²) >= 11 is 1.17. The highest BCUT2D eigenvalue weighted by Crippen LogP contribution is 2.27. The Morgan fingerprint density at radius 2 is 2.00 bits per heavy atom. The number of nitrogens with one attached hydrogen (secondary N) is 1. The van der Waals surface area contributed by atoms with Crippen LogP contribution in [0, 0.1) is 5.82 Å². The van der Waals surface area contributed by atoms with Crippen LogP contribution in [-0.4, -0.2) is 66.6 Å². The summed E-state index contributed by atoms with van der Waals surface area (Å²) in [6.45, 7) is 2.55. The van der Waals surface area contributed by atoms with Gasteiger partial charge in [0.15, 0.2) is 10.8 Å². The van der Waals surface area contributed by atoms with Gasteiger partial charge in [0.05, 0.1) is 11.3 Å². The Balaban J connectivity index is 0.00000320. The number of halogens is 1. The van der Waals surface area contributed by atoms with Gasteiger partial charge in [0.2, 0.25) is 18.1 Å². The normalized spacial score (nSPS) is 15.9. The van der Waals surface area contributed by atoms with Gasteiger partial charge in [-0.3, -0.25) is 14.3 Å². The van der Waals surface area contributed by atoms with Crippen LogP contribution < -0.4 is 9.62 Å². The van der Waals surface area contributed by atoms with Gasteiger partial charge in [0, 0.05) is 50.3 Å². The average molecular weight is 531 g/mol. The molecule has 2 aliphatic rings. The summed E-state index contributed by atoms with van der Waals surface area (Å²) in [6, 6.07) is 10.5. The van der Waals surface area contributed by atoms with E-state index in [9.17, 15) is 22.4 Å². The predicted molar refractivity (Wildman–Crippen MR) is 136 cm³/mol. The van der Waals surface area contributed by atoms with E-state index in [4.69, 9.17) is 0 Å². The number of rotatable bonds is 6. The van der Waals surface area contributed by atoms with Crippen molar-refractivity contribution in [1.29, 1.82) is 0 Å². The molecule has 5 rings (SSSR count). The van der Waals surface area contributed by atoms with E-state index in [0.29, 0.717) is 25.2 Å². The predicted octanol–water partition coefficient (Wildman–Crippen LogP) is 2.87. The molecule has 36 heavy (non-hydrogen) atoms. The number of thiazole rings is 1. The first-order valence-electron chi connectivity index (χ1n) is 11.2. The molecule has 9 nitrogen and oxygen atoms in total. The number of sulfonamides is 1. The van der Waals surface area contributed by atoms with Gasteiger partial charge >= 0.3 is 0 Å². The summed E-state index contributed by atoms with van der Waals surface area (Å²) in [5.41, 5.74) is 3.16. The molecule has 1 aromatic heterocycles. The van der Waals surface area contributed by atoms with Crippen molar-refractivity contribution < 1.29 is 28.4 Å². The second kappa shape index (κ2) is 9.43. The number of aromatic nitrogens is 1. The maximum absolute atomic E-state index is 13.6. The minimum atomic E-state index is -3.79. The highest BCUT2D eigenvalue weighted by atomic mass is 32.2. The molecule has 1 N–H and O–H groups in total. The van der Waals surface area contributed by atoms with Gasteiger partial charge in [-0.25, -0.2) is 17.8 Å². The molecule has 3 heterocycles. The fraction of sp³-hybridized carbons (Fsp3) is 0.250. The zero-order chi connectivity index (χ0) is 25.4. The summed E-state index contributed by atoms with van der Waals surface area (Å²) in [5, 5.41) is 1.94.